The van der Waals surface area contributed by atoms with Crippen LogP contribution in [-0.2, 0) is 4.79 Å². The summed E-state index contributed by atoms with van der Waals surface area (Å²) < 4.78 is 13.1. The molecule has 1 aromatic rings. The van der Waals surface area contributed by atoms with Gasteiger partial charge in [-0.15, -0.1) is 0 Å². The van der Waals surface area contributed by atoms with E-state index in [1.54, 1.807) is 6.07 Å². The van der Waals surface area contributed by atoms with E-state index in [1.165, 1.54) is 25.1 Å². The molecule has 0 heterocycles. The van der Waals surface area contributed by atoms with Crippen LogP contribution in [0, 0.1) is 5.82 Å². The first kappa shape index (κ1) is 13.0. The SMILES string of the molecule is CC(=O)NCCNC(=O)Nc1ccccc1F. The predicted molar refractivity (Wildman–Crippen MR) is 62.1 cm³/mol. The van der Waals surface area contributed by atoms with Crippen molar-refractivity contribution in [2.75, 3.05) is 18.4 Å². The standard InChI is InChI=1S/C11H14FN3O2/c1-8(16)13-6-7-14-11(17)15-10-5-3-2-4-9(10)12/h2-5H,6-7H2,1H3,(H,13,16)(H2,14,15,17). The lowest BCUT2D eigenvalue weighted by Crippen LogP contribution is -2.36. The van der Waals surface area contributed by atoms with Crippen molar-refractivity contribution in [2.45, 2.75) is 6.92 Å². The lowest BCUT2D eigenvalue weighted by Gasteiger charge is -2.08. The smallest absolute Gasteiger partial charge is 0.319 e. The molecule has 1 aromatic carbocycles. The fourth-order valence-electron chi connectivity index (χ4n) is 1.14. The number of hydrogen-bond donors (Lipinski definition) is 3. The monoisotopic (exact) mass is 239 g/mol. The Kier molecular flexibility index (Phi) is 4.93. The Morgan fingerprint density at radius 3 is 2.47 bits per heavy atom. The van der Waals surface area contributed by atoms with Gasteiger partial charge in [0.15, 0.2) is 0 Å². The number of anilines is 1. The molecule has 3 N–H and O–H groups in total. The molecule has 0 unspecified atom stereocenters. The number of benzene rings is 1. The summed E-state index contributed by atoms with van der Waals surface area (Å²) in [5.41, 5.74) is 0.115. The third-order valence-electron chi connectivity index (χ3n) is 1.91. The number of carbonyl (C=O) groups is 2. The van der Waals surface area contributed by atoms with E-state index >= 15 is 0 Å². The summed E-state index contributed by atoms with van der Waals surface area (Å²) in [6, 6.07) is 5.36. The van der Waals surface area contributed by atoms with Crippen LogP contribution < -0.4 is 16.0 Å². The van der Waals surface area contributed by atoms with Crippen LogP contribution in [0.3, 0.4) is 0 Å². The Morgan fingerprint density at radius 1 is 1.18 bits per heavy atom. The van der Waals surface area contributed by atoms with Crippen LogP contribution in [0.4, 0.5) is 14.9 Å². The number of carbonyl (C=O) groups excluding carboxylic acids is 2. The van der Waals surface area contributed by atoms with Crippen LogP contribution in [-0.4, -0.2) is 25.0 Å². The zero-order valence-corrected chi connectivity index (χ0v) is 9.42. The first-order valence-corrected chi connectivity index (χ1v) is 5.13. The molecule has 0 fully saturated rings. The summed E-state index contributed by atoms with van der Waals surface area (Å²) in [5.74, 6) is -0.661. The summed E-state index contributed by atoms with van der Waals surface area (Å²) in [6.45, 7) is 2.00. The van der Waals surface area contributed by atoms with Crippen LogP contribution >= 0.6 is 0 Å². The topological polar surface area (TPSA) is 70.2 Å². The van der Waals surface area contributed by atoms with Gasteiger partial charge in [-0.2, -0.15) is 0 Å². The fourth-order valence-corrected chi connectivity index (χ4v) is 1.14. The van der Waals surface area contributed by atoms with E-state index in [4.69, 9.17) is 0 Å². The van der Waals surface area contributed by atoms with Gasteiger partial charge < -0.3 is 16.0 Å². The molecule has 92 valence electrons. The van der Waals surface area contributed by atoms with Gasteiger partial charge in [-0.05, 0) is 12.1 Å². The van der Waals surface area contributed by atoms with Crippen molar-refractivity contribution in [1.29, 1.82) is 0 Å². The first-order valence-electron chi connectivity index (χ1n) is 5.13. The average molecular weight is 239 g/mol. The van der Waals surface area contributed by atoms with E-state index in [-0.39, 0.29) is 18.1 Å². The molecule has 5 nitrogen and oxygen atoms in total. The van der Waals surface area contributed by atoms with Gasteiger partial charge in [-0.1, -0.05) is 12.1 Å². The quantitative estimate of drug-likeness (QED) is 0.688. The molecule has 0 bridgehead atoms. The fraction of sp³-hybridized carbons (Fsp3) is 0.273. The maximum atomic E-state index is 13.1. The molecule has 0 aromatic heterocycles. The lowest BCUT2D eigenvalue weighted by molar-refractivity contribution is -0.118. The van der Waals surface area contributed by atoms with E-state index in [1.807, 2.05) is 0 Å². The minimum Gasteiger partial charge on any atom is -0.355 e. The molecule has 0 aliphatic rings. The van der Waals surface area contributed by atoms with Crippen LogP contribution in [0.2, 0.25) is 0 Å². The number of hydrogen-bond acceptors (Lipinski definition) is 2. The van der Waals surface area contributed by atoms with Gasteiger partial charge in [0.25, 0.3) is 0 Å². The summed E-state index contributed by atoms with van der Waals surface area (Å²) in [7, 11) is 0. The number of rotatable bonds is 4. The van der Waals surface area contributed by atoms with Crippen molar-refractivity contribution in [2.24, 2.45) is 0 Å². The second kappa shape index (κ2) is 6.47. The molecule has 0 radical (unpaired) electrons. The first-order chi connectivity index (χ1) is 8.09. The Morgan fingerprint density at radius 2 is 1.82 bits per heavy atom. The van der Waals surface area contributed by atoms with Crippen molar-refractivity contribution >= 4 is 17.6 Å². The number of urea groups is 1. The maximum absolute atomic E-state index is 13.1. The third-order valence-corrected chi connectivity index (χ3v) is 1.91. The summed E-state index contributed by atoms with van der Waals surface area (Å²) in [5, 5.41) is 7.36. The number of halogens is 1. The number of nitrogens with one attached hydrogen (secondary N) is 3. The largest absolute Gasteiger partial charge is 0.355 e. The molecule has 0 aliphatic carbocycles. The molecule has 0 saturated heterocycles. The Balaban J connectivity index is 2.30. The van der Waals surface area contributed by atoms with Gasteiger partial charge in [-0.3, -0.25) is 4.79 Å². The highest BCUT2D eigenvalue weighted by atomic mass is 19.1. The minimum atomic E-state index is -0.513. The zero-order valence-electron chi connectivity index (χ0n) is 9.42. The van der Waals surface area contributed by atoms with Crippen molar-refractivity contribution in [3.05, 3.63) is 30.1 Å². The summed E-state index contributed by atoms with van der Waals surface area (Å²) >= 11 is 0. The molecular weight excluding hydrogens is 225 g/mol. The highest BCUT2D eigenvalue weighted by molar-refractivity contribution is 5.89. The van der Waals surface area contributed by atoms with E-state index in [0.717, 1.165) is 0 Å². The van der Waals surface area contributed by atoms with Crippen molar-refractivity contribution in [3.8, 4) is 0 Å². The van der Waals surface area contributed by atoms with Gasteiger partial charge in [-0.25, -0.2) is 9.18 Å². The molecule has 17 heavy (non-hydrogen) atoms. The second-order valence-corrected chi connectivity index (χ2v) is 3.34. The number of amides is 3. The number of para-hydroxylation sites is 1. The highest BCUT2D eigenvalue weighted by Gasteiger charge is 2.04. The van der Waals surface area contributed by atoms with E-state index in [9.17, 15) is 14.0 Å². The molecule has 3 amide bonds. The molecule has 0 saturated carbocycles. The van der Waals surface area contributed by atoms with Gasteiger partial charge in [0.05, 0.1) is 5.69 Å². The third kappa shape index (κ3) is 4.96. The van der Waals surface area contributed by atoms with Crippen LogP contribution in [0.1, 0.15) is 6.92 Å². The zero-order chi connectivity index (χ0) is 12.7. The lowest BCUT2D eigenvalue weighted by atomic mass is 10.3. The molecule has 6 heteroatoms. The van der Waals surface area contributed by atoms with Crippen molar-refractivity contribution in [3.63, 3.8) is 0 Å². The average Bonchev–Trinajstić information content (AvgIpc) is 2.27. The Hall–Kier alpha value is -2.11. The van der Waals surface area contributed by atoms with Crippen LogP contribution in [0.25, 0.3) is 0 Å². The normalized spacial score (nSPS) is 9.53. The van der Waals surface area contributed by atoms with Crippen molar-refractivity contribution in [1.82, 2.24) is 10.6 Å². The van der Waals surface area contributed by atoms with Gasteiger partial charge in [0, 0.05) is 20.0 Å². The minimum absolute atomic E-state index is 0.115. The summed E-state index contributed by atoms with van der Waals surface area (Å²) in [6.07, 6.45) is 0. The van der Waals surface area contributed by atoms with Gasteiger partial charge in [0.2, 0.25) is 5.91 Å². The van der Waals surface area contributed by atoms with E-state index < -0.39 is 11.8 Å². The van der Waals surface area contributed by atoms with Crippen molar-refractivity contribution < 1.29 is 14.0 Å². The molecule has 0 atom stereocenters. The maximum Gasteiger partial charge on any atom is 0.319 e. The van der Waals surface area contributed by atoms with Crippen LogP contribution in [0.15, 0.2) is 24.3 Å². The Labute approximate surface area is 98.4 Å². The molecule has 0 spiro atoms. The van der Waals surface area contributed by atoms with Gasteiger partial charge >= 0.3 is 6.03 Å². The molecule has 0 aliphatic heterocycles. The molecular formula is C11H14FN3O2. The van der Waals surface area contributed by atoms with E-state index in [2.05, 4.69) is 16.0 Å². The predicted octanol–water partition coefficient (Wildman–Crippen LogP) is 1.08. The van der Waals surface area contributed by atoms with Crippen LogP contribution in [0.5, 0.6) is 0 Å². The molecule has 1 rings (SSSR count). The highest BCUT2D eigenvalue weighted by Crippen LogP contribution is 2.11. The second-order valence-electron chi connectivity index (χ2n) is 3.34. The van der Waals surface area contributed by atoms with E-state index in [0.29, 0.717) is 6.54 Å². The Bertz CT molecular complexity index is 409. The summed E-state index contributed by atoms with van der Waals surface area (Å²) in [4.78, 5) is 21.8. The van der Waals surface area contributed by atoms with Gasteiger partial charge in [0.1, 0.15) is 5.82 Å².